The molecule has 0 aliphatic rings. The molecule has 0 aliphatic carbocycles. The predicted octanol–water partition coefficient (Wildman–Crippen LogP) is 4.08. The zero-order valence-corrected chi connectivity index (χ0v) is 16.6. The van der Waals surface area contributed by atoms with E-state index in [0.29, 0.717) is 17.2 Å². The first kappa shape index (κ1) is 16.1. The molecular weight excluding hydrogens is 504 g/mol. The van der Waals surface area contributed by atoms with Crippen molar-refractivity contribution < 1.29 is 13.9 Å². The first-order chi connectivity index (χ1) is 8.02. The Bertz CT molecular complexity index is 376. The van der Waals surface area contributed by atoms with Crippen LogP contribution in [0.5, 0.6) is 5.75 Å². The molecule has 1 rings (SSSR count). The molecule has 17 heavy (non-hydrogen) atoms. The third-order valence-corrected chi connectivity index (χ3v) is 5.84. The Balaban J connectivity index is 2.40. The van der Waals surface area contributed by atoms with Gasteiger partial charge in [-0.1, -0.05) is 22.9 Å². The highest BCUT2D eigenvalue weighted by Crippen LogP contribution is 2.37. The second-order valence-corrected chi connectivity index (χ2v) is 8.03. The number of hydrogen-bond donors (Lipinski definition) is 0. The van der Waals surface area contributed by atoms with Gasteiger partial charge in [-0.15, -0.1) is 0 Å². The van der Waals surface area contributed by atoms with Crippen molar-refractivity contribution in [1.29, 1.82) is 0 Å². The zero-order chi connectivity index (χ0) is 12.8. The molecule has 8 heteroatoms. The summed E-state index contributed by atoms with van der Waals surface area (Å²) in [6, 6.07) is 3.68. The highest BCUT2D eigenvalue weighted by atomic mass is 79.9. The average Bonchev–Trinajstić information content (AvgIpc) is 2.28. The van der Waals surface area contributed by atoms with E-state index in [1.807, 2.05) is 13.0 Å². The van der Waals surface area contributed by atoms with Gasteiger partial charge in [-0.3, -0.25) is 0 Å². The van der Waals surface area contributed by atoms with Crippen LogP contribution in [-0.2, 0) is 9.00 Å². The van der Waals surface area contributed by atoms with Crippen molar-refractivity contribution in [3.05, 3.63) is 25.6 Å². The number of halogens is 4. The van der Waals surface area contributed by atoms with Crippen molar-refractivity contribution in [1.82, 2.24) is 0 Å². The summed E-state index contributed by atoms with van der Waals surface area (Å²) in [5.41, 5.74) is 0. The molecular formula is C9H10Br4O3Si. The van der Waals surface area contributed by atoms with Gasteiger partial charge in [0.15, 0.2) is 5.75 Å². The Kier molecular flexibility index (Phi) is 7.87. The molecule has 3 nitrogen and oxygen atoms in total. The molecule has 0 N–H and O–H groups in total. The third kappa shape index (κ3) is 5.71. The normalized spacial score (nSPS) is 13.2. The largest absolute Gasteiger partial charge is 0.395 e. The monoisotopic (exact) mass is 510 g/mol. The third-order valence-electron chi connectivity index (χ3n) is 1.63. The van der Waals surface area contributed by atoms with Crippen molar-refractivity contribution in [2.24, 2.45) is 0 Å². The van der Waals surface area contributed by atoms with Gasteiger partial charge in [0, 0.05) is 20.4 Å². The molecule has 0 fully saturated rings. The maximum atomic E-state index is 5.32. The molecule has 0 aliphatic heterocycles. The van der Waals surface area contributed by atoms with Gasteiger partial charge < -0.3 is 9.31 Å². The van der Waals surface area contributed by atoms with E-state index in [-0.39, 0.29) is 0 Å². The Morgan fingerprint density at radius 3 is 2.59 bits per heavy atom. The van der Waals surface area contributed by atoms with Gasteiger partial charge in [0.2, 0.25) is 0 Å². The summed E-state index contributed by atoms with van der Waals surface area (Å²) in [7, 11) is -1.11. The Labute approximate surface area is 136 Å². The lowest BCUT2D eigenvalue weighted by Crippen LogP contribution is -2.12. The van der Waals surface area contributed by atoms with Crippen LogP contribution in [-0.4, -0.2) is 21.4 Å². The van der Waals surface area contributed by atoms with Gasteiger partial charge in [0.05, 0.1) is 4.47 Å². The lowest BCUT2D eigenvalue weighted by Gasteiger charge is -2.09. The van der Waals surface area contributed by atoms with Crippen LogP contribution in [0, 0.1) is 0 Å². The second kappa shape index (κ2) is 8.29. The lowest BCUT2D eigenvalue weighted by atomic mass is 10.3. The zero-order valence-electron chi connectivity index (χ0n) is 8.88. The van der Waals surface area contributed by atoms with E-state index in [1.54, 1.807) is 6.07 Å². The SMILES string of the molecule is CC(Br)CO[SiH2]OOc1ccc(Br)c(Br)c1Br. The molecule has 1 atom stereocenters. The Morgan fingerprint density at radius 2 is 1.94 bits per heavy atom. The highest BCUT2D eigenvalue weighted by Gasteiger charge is 2.09. The Hall–Kier alpha value is 1.08. The summed E-state index contributed by atoms with van der Waals surface area (Å²) in [6.07, 6.45) is 0. The van der Waals surface area contributed by atoms with E-state index in [0.717, 1.165) is 13.4 Å². The first-order valence-corrected chi connectivity index (χ1v) is 9.12. The lowest BCUT2D eigenvalue weighted by molar-refractivity contribution is -0.116. The van der Waals surface area contributed by atoms with Gasteiger partial charge in [-0.2, -0.15) is 0 Å². The number of alkyl halides is 1. The standard InChI is InChI=1S/C9H10Br4O3Si/c1-5(10)4-14-17-16-15-7-3-2-6(11)8(12)9(7)13/h2-3,5H,4,17H2,1H3. The van der Waals surface area contributed by atoms with Crippen molar-refractivity contribution in [2.75, 3.05) is 6.61 Å². The molecule has 0 heterocycles. The van der Waals surface area contributed by atoms with Gasteiger partial charge in [0.25, 0.3) is 0 Å². The van der Waals surface area contributed by atoms with E-state index >= 15 is 0 Å². The number of hydrogen-bond acceptors (Lipinski definition) is 3. The highest BCUT2D eigenvalue weighted by molar-refractivity contribution is 9.14. The molecule has 0 amide bonds. The van der Waals surface area contributed by atoms with E-state index < -0.39 is 10.0 Å². The van der Waals surface area contributed by atoms with Crippen LogP contribution in [0.25, 0.3) is 0 Å². The van der Waals surface area contributed by atoms with E-state index in [1.165, 1.54) is 0 Å². The topological polar surface area (TPSA) is 27.7 Å². The molecule has 0 bridgehead atoms. The number of rotatable bonds is 6. The minimum absolute atomic E-state index is 0.326. The van der Waals surface area contributed by atoms with Crippen LogP contribution in [0.15, 0.2) is 25.6 Å². The van der Waals surface area contributed by atoms with Crippen molar-refractivity contribution >= 4 is 73.7 Å². The van der Waals surface area contributed by atoms with E-state index in [2.05, 4.69) is 63.7 Å². The molecule has 0 aromatic heterocycles. The average molecular weight is 514 g/mol. The summed E-state index contributed by atoms with van der Waals surface area (Å²) in [6.45, 7) is 2.64. The minimum atomic E-state index is -1.11. The minimum Gasteiger partial charge on any atom is -0.395 e. The fraction of sp³-hybridized carbons (Fsp3) is 0.333. The maximum absolute atomic E-state index is 5.32. The fourth-order valence-corrected chi connectivity index (χ4v) is 3.47. The first-order valence-electron chi connectivity index (χ1n) is 4.67. The van der Waals surface area contributed by atoms with Crippen molar-refractivity contribution in [3.8, 4) is 5.75 Å². The van der Waals surface area contributed by atoms with Crippen LogP contribution < -0.4 is 4.89 Å². The van der Waals surface area contributed by atoms with Crippen LogP contribution in [0.1, 0.15) is 6.92 Å². The Morgan fingerprint density at radius 1 is 1.24 bits per heavy atom. The molecule has 1 aromatic rings. The number of benzene rings is 1. The van der Waals surface area contributed by atoms with Crippen LogP contribution in [0.3, 0.4) is 0 Å². The maximum Gasteiger partial charge on any atom is 0.360 e. The fourth-order valence-electron chi connectivity index (χ4n) is 0.905. The summed E-state index contributed by atoms with van der Waals surface area (Å²) >= 11 is 13.6. The van der Waals surface area contributed by atoms with E-state index in [9.17, 15) is 0 Å². The molecule has 0 saturated carbocycles. The molecule has 0 spiro atoms. The smallest absolute Gasteiger partial charge is 0.360 e. The molecule has 1 unspecified atom stereocenters. The summed E-state index contributed by atoms with van der Waals surface area (Å²) in [5.74, 6) is 0.614. The molecule has 1 aromatic carbocycles. The van der Waals surface area contributed by atoms with Gasteiger partial charge in [0.1, 0.15) is 0 Å². The predicted molar refractivity (Wildman–Crippen MR) is 84.1 cm³/mol. The van der Waals surface area contributed by atoms with Crippen LogP contribution in [0.4, 0.5) is 0 Å². The molecule has 0 radical (unpaired) electrons. The van der Waals surface area contributed by atoms with Crippen molar-refractivity contribution in [2.45, 2.75) is 11.8 Å². The van der Waals surface area contributed by atoms with Gasteiger partial charge in [-0.05, 0) is 59.9 Å². The molecule has 0 saturated heterocycles. The van der Waals surface area contributed by atoms with Gasteiger partial charge >= 0.3 is 10.0 Å². The summed E-state index contributed by atoms with van der Waals surface area (Å²) < 4.78 is 13.0. The molecule has 96 valence electrons. The van der Waals surface area contributed by atoms with Crippen molar-refractivity contribution in [3.63, 3.8) is 0 Å². The van der Waals surface area contributed by atoms with Crippen LogP contribution >= 0.6 is 63.7 Å². The second-order valence-electron chi connectivity index (χ2n) is 3.14. The van der Waals surface area contributed by atoms with E-state index in [4.69, 9.17) is 13.9 Å². The van der Waals surface area contributed by atoms with Crippen LogP contribution in [0.2, 0.25) is 0 Å². The summed E-state index contributed by atoms with van der Waals surface area (Å²) in [4.78, 5) is 5.50. The van der Waals surface area contributed by atoms with Gasteiger partial charge in [-0.25, -0.2) is 4.58 Å². The summed E-state index contributed by atoms with van der Waals surface area (Å²) in [5, 5.41) is 0. The quantitative estimate of drug-likeness (QED) is 0.143.